The average Bonchev–Trinajstić information content (AvgIpc) is 2.53. The fourth-order valence-electron chi connectivity index (χ4n) is 1.85. The Labute approximate surface area is 128 Å². The van der Waals surface area contributed by atoms with E-state index in [1.807, 2.05) is 19.1 Å². The highest BCUT2D eigenvalue weighted by molar-refractivity contribution is 5.86. The third-order valence-electron chi connectivity index (χ3n) is 2.84. The Hall–Kier alpha value is -2.82. The van der Waals surface area contributed by atoms with Crippen LogP contribution in [-0.4, -0.2) is 22.7 Å². The molecule has 0 fully saturated rings. The number of hydrogen-bond donors (Lipinski definition) is 1. The first-order chi connectivity index (χ1) is 10.7. The maximum atomic E-state index is 10.7. The van der Waals surface area contributed by atoms with Crippen molar-refractivity contribution in [3.63, 3.8) is 0 Å². The quantitative estimate of drug-likeness (QED) is 0.795. The summed E-state index contributed by atoms with van der Waals surface area (Å²) in [6, 6.07) is 9.05. The Morgan fingerprint density at radius 3 is 2.68 bits per heavy atom. The van der Waals surface area contributed by atoms with E-state index in [2.05, 4.69) is 4.98 Å². The molecule has 1 N–H and O–H groups in total. The molecule has 0 radical (unpaired) electrons. The molecule has 0 bridgehead atoms. The first-order valence-corrected chi connectivity index (χ1v) is 6.88. The van der Waals surface area contributed by atoms with Crippen LogP contribution < -0.4 is 9.47 Å². The molecule has 0 saturated heterocycles. The molecule has 0 saturated carbocycles. The summed E-state index contributed by atoms with van der Waals surface area (Å²) in [5.74, 6) is 0.253. The van der Waals surface area contributed by atoms with Crippen LogP contribution in [0.3, 0.4) is 0 Å². The number of rotatable bonds is 7. The van der Waals surface area contributed by atoms with Crippen molar-refractivity contribution >= 4 is 12.0 Å². The largest absolute Gasteiger partial charge is 0.494 e. The second-order valence-corrected chi connectivity index (χ2v) is 4.45. The van der Waals surface area contributed by atoms with Crippen LogP contribution in [-0.2, 0) is 11.4 Å². The minimum absolute atomic E-state index is 0.379. The van der Waals surface area contributed by atoms with Crippen LogP contribution in [0.15, 0.2) is 48.8 Å². The molecule has 5 nitrogen and oxygen atoms in total. The van der Waals surface area contributed by atoms with Gasteiger partial charge in [-0.1, -0.05) is 0 Å². The van der Waals surface area contributed by atoms with Gasteiger partial charge in [0.15, 0.2) is 0 Å². The second-order valence-electron chi connectivity index (χ2n) is 4.45. The zero-order valence-corrected chi connectivity index (χ0v) is 12.2. The molecule has 1 aromatic heterocycles. The number of hydrogen-bond acceptors (Lipinski definition) is 4. The molecule has 2 rings (SSSR count). The fourth-order valence-corrected chi connectivity index (χ4v) is 1.85. The first kappa shape index (κ1) is 15.6. The Morgan fingerprint density at radius 1 is 1.23 bits per heavy atom. The normalized spacial score (nSPS) is 10.6. The Morgan fingerprint density at radius 2 is 2.00 bits per heavy atom. The van der Waals surface area contributed by atoms with E-state index in [1.165, 1.54) is 6.08 Å². The number of ether oxygens (including phenoxy) is 2. The van der Waals surface area contributed by atoms with Gasteiger partial charge in [0.1, 0.15) is 18.1 Å². The number of aromatic nitrogens is 1. The lowest BCUT2D eigenvalue weighted by atomic mass is 10.1. The summed E-state index contributed by atoms with van der Waals surface area (Å²) in [6.45, 7) is 2.81. The molecular weight excluding hydrogens is 282 g/mol. The smallest absolute Gasteiger partial charge is 0.328 e. The highest BCUT2D eigenvalue weighted by Gasteiger charge is 2.05. The summed E-state index contributed by atoms with van der Waals surface area (Å²) < 4.78 is 11.2. The van der Waals surface area contributed by atoms with E-state index in [-0.39, 0.29) is 0 Å². The number of carbonyl (C=O) groups is 1. The van der Waals surface area contributed by atoms with E-state index in [9.17, 15) is 4.79 Å². The van der Waals surface area contributed by atoms with Gasteiger partial charge >= 0.3 is 5.97 Å². The molecule has 2 aromatic rings. The summed E-state index contributed by atoms with van der Waals surface area (Å²) in [7, 11) is 0. The summed E-state index contributed by atoms with van der Waals surface area (Å²) in [5.41, 5.74) is 1.64. The number of aliphatic carboxylic acids is 1. The average molecular weight is 299 g/mol. The van der Waals surface area contributed by atoms with Crippen molar-refractivity contribution in [1.82, 2.24) is 4.98 Å². The van der Waals surface area contributed by atoms with Crippen LogP contribution in [0.1, 0.15) is 18.1 Å². The Kier molecular flexibility index (Phi) is 5.54. The van der Waals surface area contributed by atoms with E-state index in [1.54, 1.807) is 30.6 Å². The van der Waals surface area contributed by atoms with Gasteiger partial charge in [-0.15, -0.1) is 0 Å². The molecule has 0 spiro atoms. The zero-order valence-electron chi connectivity index (χ0n) is 12.2. The van der Waals surface area contributed by atoms with Crippen LogP contribution in [0.5, 0.6) is 11.5 Å². The predicted molar refractivity (Wildman–Crippen MR) is 82.8 cm³/mol. The summed E-state index contributed by atoms with van der Waals surface area (Å²) in [6.07, 6.45) is 5.96. The van der Waals surface area contributed by atoms with Crippen molar-refractivity contribution < 1.29 is 19.4 Å². The molecule has 0 amide bonds. The van der Waals surface area contributed by atoms with Crippen LogP contribution in [0.4, 0.5) is 0 Å². The zero-order chi connectivity index (χ0) is 15.8. The Bertz CT molecular complexity index is 653. The van der Waals surface area contributed by atoms with Gasteiger partial charge in [-0.05, 0) is 48.9 Å². The van der Waals surface area contributed by atoms with Crippen molar-refractivity contribution in [1.29, 1.82) is 0 Å². The first-order valence-electron chi connectivity index (χ1n) is 6.88. The van der Waals surface area contributed by atoms with Crippen LogP contribution in [0, 0.1) is 0 Å². The molecule has 22 heavy (non-hydrogen) atoms. The van der Waals surface area contributed by atoms with E-state index in [4.69, 9.17) is 14.6 Å². The van der Waals surface area contributed by atoms with Gasteiger partial charge < -0.3 is 14.6 Å². The standard InChI is InChI=1S/C17H17NO4/c1-2-21-15-4-5-16(14(11-15)3-6-17(19)20)22-12-13-7-9-18-10-8-13/h3-11H,2,12H2,1H3,(H,19,20)/b6-3+. The summed E-state index contributed by atoms with van der Waals surface area (Å²) >= 11 is 0. The lowest BCUT2D eigenvalue weighted by Crippen LogP contribution is -1.98. The maximum absolute atomic E-state index is 10.7. The van der Waals surface area contributed by atoms with Crippen LogP contribution in [0.25, 0.3) is 6.08 Å². The Balaban J connectivity index is 2.19. The van der Waals surface area contributed by atoms with Gasteiger partial charge in [0.05, 0.1) is 6.61 Å². The number of pyridine rings is 1. The maximum Gasteiger partial charge on any atom is 0.328 e. The number of carboxylic acids is 1. The predicted octanol–water partition coefficient (Wildman–Crippen LogP) is 3.16. The SMILES string of the molecule is CCOc1ccc(OCc2ccncc2)c(/C=C/C(=O)O)c1. The summed E-state index contributed by atoms with van der Waals surface area (Å²) in [4.78, 5) is 14.7. The fraction of sp³-hybridized carbons (Fsp3) is 0.176. The number of carboxylic acid groups (broad SMARTS) is 1. The molecule has 1 aromatic carbocycles. The van der Waals surface area contributed by atoms with Crippen molar-refractivity contribution in [3.8, 4) is 11.5 Å². The molecule has 0 aliphatic heterocycles. The number of benzene rings is 1. The molecule has 5 heteroatoms. The van der Waals surface area contributed by atoms with Gasteiger partial charge in [0.25, 0.3) is 0 Å². The molecule has 0 aliphatic rings. The molecule has 0 aliphatic carbocycles. The molecule has 1 heterocycles. The molecule has 114 valence electrons. The van der Waals surface area contributed by atoms with Gasteiger partial charge in [-0.3, -0.25) is 4.98 Å². The van der Waals surface area contributed by atoms with E-state index >= 15 is 0 Å². The monoisotopic (exact) mass is 299 g/mol. The van der Waals surface area contributed by atoms with Crippen LogP contribution >= 0.6 is 0 Å². The van der Waals surface area contributed by atoms with E-state index < -0.39 is 5.97 Å². The topological polar surface area (TPSA) is 68.7 Å². The lowest BCUT2D eigenvalue weighted by Gasteiger charge is -2.11. The van der Waals surface area contributed by atoms with Gasteiger partial charge in [-0.2, -0.15) is 0 Å². The van der Waals surface area contributed by atoms with Crippen molar-refractivity contribution in [2.24, 2.45) is 0 Å². The van der Waals surface area contributed by atoms with Gasteiger partial charge in [-0.25, -0.2) is 4.79 Å². The van der Waals surface area contributed by atoms with E-state index in [0.29, 0.717) is 30.3 Å². The van der Waals surface area contributed by atoms with Crippen molar-refractivity contribution in [3.05, 3.63) is 59.9 Å². The highest BCUT2D eigenvalue weighted by atomic mass is 16.5. The van der Waals surface area contributed by atoms with Crippen LogP contribution in [0.2, 0.25) is 0 Å². The van der Waals surface area contributed by atoms with Gasteiger partial charge in [0.2, 0.25) is 0 Å². The summed E-state index contributed by atoms with van der Waals surface area (Å²) in [5, 5.41) is 8.78. The third kappa shape index (κ3) is 4.63. The van der Waals surface area contributed by atoms with Crippen molar-refractivity contribution in [2.45, 2.75) is 13.5 Å². The molecule has 0 unspecified atom stereocenters. The van der Waals surface area contributed by atoms with E-state index in [0.717, 1.165) is 11.6 Å². The minimum atomic E-state index is -1.01. The second kappa shape index (κ2) is 7.83. The lowest BCUT2D eigenvalue weighted by molar-refractivity contribution is -0.131. The van der Waals surface area contributed by atoms with Gasteiger partial charge in [0, 0.05) is 24.0 Å². The third-order valence-corrected chi connectivity index (χ3v) is 2.84. The molecule has 0 atom stereocenters. The highest BCUT2D eigenvalue weighted by Crippen LogP contribution is 2.26. The molecular formula is C17H17NO4. The van der Waals surface area contributed by atoms with Crippen molar-refractivity contribution in [2.75, 3.05) is 6.61 Å². The number of nitrogens with zero attached hydrogens (tertiary/aromatic N) is 1. The minimum Gasteiger partial charge on any atom is -0.494 e.